The third-order valence-electron chi connectivity index (χ3n) is 3.95. The number of rotatable bonds is 8. The van der Waals surface area contributed by atoms with Crippen LogP contribution < -0.4 is 5.73 Å². The molecule has 130 valence electrons. The van der Waals surface area contributed by atoms with Crippen LogP contribution in [-0.4, -0.2) is 28.2 Å². The number of allylic oxidation sites excluding steroid dienone is 1. The maximum Gasteiger partial charge on any atom is 0.320 e. The summed E-state index contributed by atoms with van der Waals surface area (Å²) in [5.41, 5.74) is 8.61. The minimum Gasteiger partial charge on any atom is -0.481 e. The van der Waals surface area contributed by atoms with Crippen LogP contribution in [-0.2, 0) is 9.59 Å². The maximum atomic E-state index is 11.2. The topological polar surface area (TPSA) is 101 Å². The fourth-order valence-electron chi connectivity index (χ4n) is 2.49. The molecule has 0 bridgehead atoms. The van der Waals surface area contributed by atoms with Crippen molar-refractivity contribution in [3.63, 3.8) is 0 Å². The van der Waals surface area contributed by atoms with Gasteiger partial charge in [-0.3, -0.25) is 9.59 Å². The Balaban J connectivity index is 1.98. The van der Waals surface area contributed by atoms with E-state index in [-0.39, 0.29) is 12.8 Å². The van der Waals surface area contributed by atoms with Gasteiger partial charge in [0.15, 0.2) is 0 Å². The highest BCUT2D eigenvalue weighted by molar-refractivity contribution is 5.76. The van der Waals surface area contributed by atoms with Crippen LogP contribution >= 0.6 is 0 Å². The average molecular weight is 339 g/mol. The van der Waals surface area contributed by atoms with E-state index in [9.17, 15) is 14.7 Å². The molecule has 2 atom stereocenters. The summed E-state index contributed by atoms with van der Waals surface area (Å²) < 4.78 is 0. The Labute approximate surface area is 146 Å². The lowest BCUT2D eigenvalue weighted by molar-refractivity contribution is -0.143. The summed E-state index contributed by atoms with van der Waals surface area (Å²) in [6.07, 6.45) is 3.71. The second kappa shape index (κ2) is 8.80. The molecular formula is C20H21NO4. The molecule has 0 aliphatic heterocycles. The van der Waals surface area contributed by atoms with Gasteiger partial charge >= 0.3 is 11.9 Å². The number of benzene rings is 2. The van der Waals surface area contributed by atoms with Crippen LogP contribution in [0.15, 0.2) is 60.7 Å². The highest BCUT2D eigenvalue weighted by Crippen LogP contribution is 2.20. The van der Waals surface area contributed by atoms with E-state index in [1.165, 1.54) is 0 Å². The van der Waals surface area contributed by atoms with Gasteiger partial charge in [0.1, 0.15) is 6.04 Å². The minimum absolute atomic E-state index is 0.0953. The molecule has 0 spiro atoms. The molecule has 0 heterocycles. The molecule has 0 aromatic heterocycles. The predicted molar refractivity (Wildman–Crippen MR) is 96.9 cm³/mol. The average Bonchev–Trinajstić information content (AvgIpc) is 2.61. The second-order valence-electron chi connectivity index (χ2n) is 5.84. The fraction of sp³-hybridized carbons (Fsp3) is 0.200. The summed E-state index contributed by atoms with van der Waals surface area (Å²) in [5.74, 6) is -3.04. The first-order chi connectivity index (χ1) is 12.0. The van der Waals surface area contributed by atoms with E-state index in [4.69, 9.17) is 10.8 Å². The van der Waals surface area contributed by atoms with Crippen molar-refractivity contribution >= 4 is 18.0 Å². The van der Waals surface area contributed by atoms with Crippen LogP contribution in [0.2, 0.25) is 0 Å². The number of carboxylic acids is 2. The molecular weight excluding hydrogens is 318 g/mol. The molecule has 0 radical (unpaired) electrons. The van der Waals surface area contributed by atoms with Gasteiger partial charge in [0, 0.05) is 0 Å². The molecule has 2 rings (SSSR count). The Morgan fingerprint density at radius 1 is 0.920 bits per heavy atom. The van der Waals surface area contributed by atoms with Crippen molar-refractivity contribution in [2.45, 2.75) is 18.9 Å². The zero-order valence-electron chi connectivity index (χ0n) is 13.7. The van der Waals surface area contributed by atoms with E-state index >= 15 is 0 Å². The third kappa shape index (κ3) is 5.58. The van der Waals surface area contributed by atoms with E-state index in [2.05, 4.69) is 0 Å². The van der Waals surface area contributed by atoms with Gasteiger partial charge in [-0.2, -0.15) is 0 Å². The van der Waals surface area contributed by atoms with Gasteiger partial charge in [0.25, 0.3) is 0 Å². The van der Waals surface area contributed by atoms with Crippen molar-refractivity contribution in [2.75, 3.05) is 0 Å². The van der Waals surface area contributed by atoms with E-state index in [1.54, 1.807) is 6.08 Å². The van der Waals surface area contributed by atoms with Gasteiger partial charge in [0.05, 0.1) is 5.92 Å². The third-order valence-corrected chi connectivity index (χ3v) is 3.95. The highest BCUT2D eigenvalue weighted by Gasteiger charge is 2.23. The molecule has 5 nitrogen and oxygen atoms in total. The van der Waals surface area contributed by atoms with Crippen molar-refractivity contribution in [1.29, 1.82) is 0 Å². The van der Waals surface area contributed by atoms with E-state index in [0.29, 0.717) is 0 Å². The summed E-state index contributed by atoms with van der Waals surface area (Å²) in [5, 5.41) is 18.0. The lowest BCUT2D eigenvalue weighted by Crippen LogP contribution is -2.34. The van der Waals surface area contributed by atoms with Gasteiger partial charge in [-0.1, -0.05) is 66.7 Å². The summed E-state index contributed by atoms with van der Waals surface area (Å²) in [7, 11) is 0. The van der Waals surface area contributed by atoms with E-state index in [1.807, 2.05) is 60.7 Å². The molecule has 0 aliphatic carbocycles. The van der Waals surface area contributed by atoms with Gasteiger partial charge in [0.2, 0.25) is 0 Å². The van der Waals surface area contributed by atoms with Crippen molar-refractivity contribution in [3.8, 4) is 11.1 Å². The Bertz CT molecular complexity index is 738. The lowest BCUT2D eigenvalue weighted by Gasteiger charge is -2.12. The highest BCUT2D eigenvalue weighted by atomic mass is 16.4. The van der Waals surface area contributed by atoms with E-state index < -0.39 is 23.9 Å². The molecule has 0 amide bonds. The van der Waals surface area contributed by atoms with Gasteiger partial charge in [-0.05, 0) is 29.5 Å². The zero-order valence-corrected chi connectivity index (χ0v) is 13.7. The van der Waals surface area contributed by atoms with Crippen LogP contribution in [0.5, 0.6) is 0 Å². The summed E-state index contributed by atoms with van der Waals surface area (Å²) in [6, 6.07) is 16.8. The quantitative estimate of drug-likeness (QED) is 0.685. The number of carboxylic acid groups (broad SMARTS) is 2. The Kier molecular flexibility index (Phi) is 6.48. The molecule has 2 aromatic carbocycles. The largest absolute Gasteiger partial charge is 0.481 e. The van der Waals surface area contributed by atoms with Crippen LogP contribution in [0.1, 0.15) is 18.4 Å². The first-order valence-corrected chi connectivity index (χ1v) is 8.00. The first-order valence-electron chi connectivity index (χ1n) is 8.00. The van der Waals surface area contributed by atoms with Gasteiger partial charge in [-0.15, -0.1) is 0 Å². The van der Waals surface area contributed by atoms with Gasteiger partial charge < -0.3 is 15.9 Å². The Morgan fingerprint density at radius 3 is 2.08 bits per heavy atom. The number of carbonyl (C=O) groups is 2. The number of hydrogen-bond donors (Lipinski definition) is 3. The normalized spacial score (nSPS) is 13.5. The Hall–Kier alpha value is -2.92. The van der Waals surface area contributed by atoms with Crippen molar-refractivity contribution in [1.82, 2.24) is 0 Å². The number of nitrogens with two attached hydrogens (primary N) is 1. The first kappa shape index (κ1) is 18.4. The predicted octanol–water partition coefficient (Wildman–Crippen LogP) is 3.26. The molecule has 0 aliphatic rings. The SMILES string of the molecule is N[C@@H](C[C@@H](C/C=C/c1ccc(-c2ccccc2)cc1)C(=O)O)C(=O)O. The summed E-state index contributed by atoms with van der Waals surface area (Å²) in [6.45, 7) is 0. The summed E-state index contributed by atoms with van der Waals surface area (Å²) >= 11 is 0. The zero-order chi connectivity index (χ0) is 18.2. The van der Waals surface area contributed by atoms with Crippen molar-refractivity contribution in [2.24, 2.45) is 11.7 Å². The number of aliphatic carboxylic acids is 2. The number of hydrogen-bond acceptors (Lipinski definition) is 3. The molecule has 25 heavy (non-hydrogen) atoms. The minimum atomic E-state index is -1.19. The van der Waals surface area contributed by atoms with Gasteiger partial charge in [-0.25, -0.2) is 0 Å². The molecule has 5 heteroatoms. The van der Waals surface area contributed by atoms with Crippen LogP contribution in [0.4, 0.5) is 0 Å². The Morgan fingerprint density at radius 2 is 1.52 bits per heavy atom. The molecule has 2 aromatic rings. The van der Waals surface area contributed by atoms with Crippen molar-refractivity contribution in [3.05, 3.63) is 66.2 Å². The van der Waals surface area contributed by atoms with Crippen LogP contribution in [0.3, 0.4) is 0 Å². The fourth-order valence-corrected chi connectivity index (χ4v) is 2.49. The van der Waals surface area contributed by atoms with Crippen molar-refractivity contribution < 1.29 is 19.8 Å². The standard InChI is InChI=1S/C20H21NO4/c21-18(20(24)25)13-17(19(22)23)8-4-5-14-9-11-16(12-10-14)15-6-2-1-3-7-15/h1-7,9-12,17-18H,8,13,21H2,(H,22,23)(H,24,25)/b5-4+/t17-,18+/m1/s1. The molecule has 0 saturated heterocycles. The summed E-state index contributed by atoms with van der Waals surface area (Å²) in [4.78, 5) is 22.0. The van der Waals surface area contributed by atoms with Crippen LogP contribution in [0, 0.1) is 5.92 Å². The van der Waals surface area contributed by atoms with E-state index in [0.717, 1.165) is 16.7 Å². The molecule has 0 saturated carbocycles. The molecule has 0 fully saturated rings. The lowest BCUT2D eigenvalue weighted by atomic mass is 9.96. The molecule has 4 N–H and O–H groups in total. The maximum absolute atomic E-state index is 11.2. The molecule has 0 unspecified atom stereocenters. The smallest absolute Gasteiger partial charge is 0.320 e. The van der Waals surface area contributed by atoms with Crippen LogP contribution in [0.25, 0.3) is 17.2 Å². The monoisotopic (exact) mass is 339 g/mol. The second-order valence-corrected chi connectivity index (χ2v) is 5.84.